The largest absolute Gasteiger partial charge is 0.408 e. The molecule has 6 aliphatic rings. The van der Waals surface area contributed by atoms with E-state index in [2.05, 4.69) is 21.3 Å². The highest BCUT2D eigenvalue weighted by molar-refractivity contribution is 6.15. The summed E-state index contributed by atoms with van der Waals surface area (Å²) in [4.78, 5) is 94.8. The van der Waals surface area contributed by atoms with Crippen LogP contribution in [0.2, 0.25) is 0 Å². The number of hydrogen-bond donors (Lipinski definition) is 4. The van der Waals surface area contributed by atoms with Gasteiger partial charge in [0.1, 0.15) is 34.8 Å². The average molecular weight is 1090 g/mol. The van der Waals surface area contributed by atoms with Crippen molar-refractivity contribution in [3.8, 4) is 0 Å². The fraction of sp³-hybridized carbons (Fsp3) is 0.429. The molecule has 10 rings (SSSR count). The van der Waals surface area contributed by atoms with E-state index < -0.39 is 108 Å². The Morgan fingerprint density at radius 1 is 0.615 bits per heavy atom. The molecule has 4 heterocycles. The maximum atomic E-state index is 16.1. The summed E-state index contributed by atoms with van der Waals surface area (Å²) in [6.07, 6.45) is -6.71. The van der Waals surface area contributed by atoms with E-state index in [9.17, 15) is 8.78 Å². The summed E-state index contributed by atoms with van der Waals surface area (Å²) >= 11 is 0. The van der Waals surface area contributed by atoms with Gasteiger partial charge in [-0.05, 0) is 159 Å². The second-order valence-electron chi connectivity index (χ2n) is 20.9. The number of urea groups is 2. The van der Waals surface area contributed by atoms with Crippen LogP contribution in [0.25, 0.3) is 5.57 Å². The molecule has 78 heavy (non-hydrogen) atoms. The number of carbonyl (C=O) groups is 6. The van der Waals surface area contributed by atoms with Gasteiger partial charge in [-0.3, -0.25) is 19.2 Å². The number of imide groups is 2. The standard InChI is InChI=1S/C56H56F8N8O6/c1-31(55(59,60)61)69(29-33-9-13-37(57)14-10-33)47(73)45(71-49(75)53(67-51(71)77)23-17-41-39(5-3-7-43(41)53)35-19-25-65-26-20-35)46(48(74)70(32(2)56(62,63)64)30-34-11-15-38(58)16-12-34)72-50(76)54(68-52(72)78)24-18-42-40(6-4-8-44(42)54)36-21-27-66-28-22-36/h3-16,19,31-32,36,45-46,65-66H,17-18,20-30H2,1-2H3,(H,67,77)(H,68,78)/t31-,32-,45?,46?,53?,54?/m0/s1. The van der Waals surface area contributed by atoms with Crippen molar-refractivity contribution < 1.29 is 63.9 Å². The molecule has 0 saturated carbocycles. The summed E-state index contributed by atoms with van der Waals surface area (Å²) in [5.74, 6) is -7.94. The highest BCUT2D eigenvalue weighted by atomic mass is 19.4. The van der Waals surface area contributed by atoms with Crippen molar-refractivity contribution in [3.63, 3.8) is 0 Å². The number of carbonyl (C=O) groups excluding carboxylic acids is 6. The van der Waals surface area contributed by atoms with E-state index in [1.54, 1.807) is 24.3 Å². The number of halogens is 8. The van der Waals surface area contributed by atoms with Crippen molar-refractivity contribution in [1.29, 1.82) is 0 Å². The second-order valence-corrected chi connectivity index (χ2v) is 20.9. The molecule has 8 amide bonds. The molecule has 4 aromatic carbocycles. The van der Waals surface area contributed by atoms with Crippen LogP contribution in [0.5, 0.6) is 0 Å². The molecule has 2 spiro atoms. The summed E-state index contributed by atoms with van der Waals surface area (Å²) in [6, 6.07) is 3.20. The van der Waals surface area contributed by atoms with Crippen molar-refractivity contribution in [2.45, 2.75) is 125 Å². The Balaban J connectivity index is 1.19. The quantitative estimate of drug-likeness (QED) is 0.0787. The van der Waals surface area contributed by atoms with Gasteiger partial charge in [0, 0.05) is 19.6 Å². The van der Waals surface area contributed by atoms with E-state index in [-0.39, 0.29) is 73.5 Å². The van der Waals surface area contributed by atoms with Crippen LogP contribution in [0.1, 0.15) is 96.4 Å². The van der Waals surface area contributed by atoms with Crippen molar-refractivity contribution in [2.24, 2.45) is 0 Å². The van der Waals surface area contributed by atoms with Crippen molar-refractivity contribution in [1.82, 2.24) is 40.9 Å². The topological polar surface area (TPSA) is 164 Å². The third kappa shape index (κ3) is 9.46. The van der Waals surface area contributed by atoms with E-state index in [0.717, 1.165) is 78.1 Å². The maximum absolute atomic E-state index is 16.1. The third-order valence-electron chi connectivity index (χ3n) is 16.6. The molecular weight excluding hydrogens is 1030 g/mol. The summed E-state index contributed by atoms with van der Waals surface area (Å²) in [6.45, 7) is 1.51. The molecule has 4 aliphatic heterocycles. The van der Waals surface area contributed by atoms with Gasteiger partial charge < -0.3 is 31.1 Å². The van der Waals surface area contributed by atoms with Crippen molar-refractivity contribution in [2.75, 3.05) is 26.2 Å². The van der Waals surface area contributed by atoms with E-state index in [1.165, 1.54) is 0 Å². The summed E-state index contributed by atoms with van der Waals surface area (Å²) in [5, 5.41) is 11.9. The van der Waals surface area contributed by atoms with Crippen LogP contribution in [0, 0.1) is 11.6 Å². The highest BCUT2D eigenvalue weighted by Gasteiger charge is 2.66. The molecule has 6 atom stereocenters. The number of fused-ring (bicyclic) bond motifs is 4. The van der Waals surface area contributed by atoms with Crippen LogP contribution in [0.4, 0.5) is 44.7 Å². The molecule has 22 heteroatoms. The lowest BCUT2D eigenvalue weighted by atomic mass is 9.84. The van der Waals surface area contributed by atoms with Crippen LogP contribution < -0.4 is 21.3 Å². The molecular formula is C56H56F8N8O6. The van der Waals surface area contributed by atoms with Crippen LogP contribution in [-0.4, -0.2) is 118 Å². The molecule has 2 aliphatic carbocycles. The van der Waals surface area contributed by atoms with Gasteiger partial charge in [0.05, 0.1) is 0 Å². The van der Waals surface area contributed by atoms with Crippen LogP contribution in [0.15, 0.2) is 91.0 Å². The Hall–Kier alpha value is -7.20. The molecule has 14 nitrogen and oxygen atoms in total. The Bertz CT molecular complexity index is 3090. The lowest BCUT2D eigenvalue weighted by Crippen LogP contribution is -2.69. The van der Waals surface area contributed by atoms with Crippen LogP contribution in [-0.2, 0) is 56.2 Å². The number of amides is 8. The minimum atomic E-state index is -5.33. The zero-order valence-electron chi connectivity index (χ0n) is 42.5. The second kappa shape index (κ2) is 20.5. The van der Waals surface area contributed by atoms with Gasteiger partial charge in [-0.15, -0.1) is 0 Å². The maximum Gasteiger partial charge on any atom is 0.408 e. The minimum Gasteiger partial charge on any atom is -0.325 e. The van der Waals surface area contributed by atoms with Crippen LogP contribution in [0.3, 0.4) is 0 Å². The van der Waals surface area contributed by atoms with E-state index in [4.69, 9.17) is 0 Å². The lowest BCUT2D eigenvalue weighted by Gasteiger charge is -2.42. The molecule has 0 aromatic heterocycles. The highest BCUT2D eigenvalue weighted by Crippen LogP contribution is 2.49. The van der Waals surface area contributed by atoms with Gasteiger partial charge in [-0.1, -0.05) is 66.7 Å². The number of piperidine rings is 1. The fourth-order valence-corrected chi connectivity index (χ4v) is 12.4. The van der Waals surface area contributed by atoms with Crippen LogP contribution >= 0.6 is 0 Å². The molecule has 0 bridgehead atoms. The zero-order valence-corrected chi connectivity index (χ0v) is 42.5. The molecule has 412 valence electrons. The zero-order chi connectivity index (χ0) is 55.6. The fourth-order valence-electron chi connectivity index (χ4n) is 12.4. The third-order valence-corrected chi connectivity index (χ3v) is 16.6. The van der Waals surface area contributed by atoms with Gasteiger partial charge in [-0.2, -0.15) is 26.3 Å². The smallest absolute Gasteiger partial charge is 0.325 e. The van der Waals surface area contributed by atoms with Gasteiger partial charge >= 0.3 is 24.4 Å². The lowest BCUT2D eigenvalue weighted by molar-refractivity contribution is -0.194. The predicted octanol–water partition coefficient (Wildman–Crippen LogP) is 7.59. The van der Waals surface area contributed by atoms with Gasteiger partial charge in [0.15, 0.2) is 12.1 Å². The first kappa shape index (κ1) is 54.2. The van der Waals surface area contributed by atoms with Gasteiger partial charge in [0.2, 0.25) is 11.8 Å². The number of alkyl halides is 6. The molecule has 3 saturated heterocycles. The average Bonchev–Trinajstić information content (AvgIpc) is 4.35. The molecule has 4 unspecified atom stereocenters. The Kier molecular flexibility index (Phi) is 14.3. The van der Waals surface area contributed by atoms with E-state index >= 15 is 55.1 Å². The first-order valence-corrected chi connectivity index (χ1v) is 26.0. The van der Waals surface area contributed by atoms with Crippen molar-refractivity contribution in [3.05, 3.63) is 147 Å². The minimum absolute atomic E-state index is 0.0165. The first-order valence-electron chi connectivity index (χ1n) is 26.0. The Labute approximate surface area is 443 Å². The van der Waals surface area contributed by atoms with Crippen molar-refractivity contribution >= 4 is 41.3 Å². The predicted molar refractivity (Wildman–Crippen MR) is 266 cm³/mol. The Morgan fingerprint density at radius 3 is 1.54 bits per heavy atom. The number of nitrogens with one attached hydrogen (secondary N) is 4. The molecule has 0 radical (unpaired) electrons. The number of benzene rings is 4. The van der Waals surface area contributed by atoms with Gasteiger partial charge in [-0.25, -0.2) is 28.2 Å². The van der Waals surface area contributed by atoms with Gasteiger partial charge in [0.25, 0.3) is 11.8 Å². The monoisotopic (exact) mass is 1090 g/mol. The first-order chi connectivity index (χ1) is 37.1. The molecule has 4 N–H and O–H groups in total. The summed E-state index contributed by atoms with van der Waals surface area (Å²) < 4.78 is 121. The number of nitrogens with zero attached hydrogens (tertiary/aromatic N) is 4. The normalized spacial score (nSPS) is 23.0. The summed E-state index contributed by atoms with van der Waals surface area (Å²) in [5.41, 5.74) is -0.0776. The Morgan fingerprint density at radius 2 is 1.08 bits per heavy atom. The van der Waals surface area contributed by atoms with E-state index in [0.29, 0.717) is 57.6 Å². The number of rotatable bonds is 13. The summed E-state index contributed by atoms with van der Waals surface area (Å²) in [7, 11) is 0. The van der Waals surface area contributed by atoms with E-state index in [1.807, 2.05) is 18.2 Å². The molecule has 3 fully saturated rings. The SMILES string of the molecule is C[C@H](N(Cc1ccc(F)cc1)C(=O)C(C(C(=O)N(Cc1ccc(F)cc1)[C@@H](C)C(F)(F)F)N1C(=O)NC2(CCc3c(C4CCNCC4)cccc32)C1=O)N1C(=O)NC2(CCc3c(C4=CCNCC4)cccc32)C1=O)C(F)(F)F. The molecule has 4 aromatic rings. The number of hydrogen-bond acceptors (Lipinski definition) is 8.